The van der Waals surface area contributed by atoms with Gasteiger partial charge in [-0.05, 0) is 74.3 Å². The number of alkyl halides is 6. The van der Waals surface area contributed by atoms with E-state index in [0.29, 0.717) is 34.6 Å². The Morgan fingerprint density at radius 3 is 1.98 bits per heavy atom. The summed E-state index contributed by atoms with van der Waals surface area (Å²) in [4.78, 5) is 8.75. The van der Waals surface area contributed by atoms with Crippen molar-refractivity contribution in [1.29, 1.82) is 5.41 Å². The molecular formula is C28H35F6N9. The number of hydrogen-bond donors (Lipinski definition) is 4. The zero-order valence-corrected chi connectivity index (χ0v) is 24.1. The number of aromatic nitrogens is 1. The molecule has 3 aliphatic rings. The van der Waals surface area contributed by atoms with Gasteiger partial charge in [0.1, 0.15) is 11.6 Å². The Morgan fingerprint density at radius 2 is 1.53 bits per heavy atom. The highest BCUT2D eigenvalue weighted by atomic mass is 19.4. The van der Waals surface area contributed by atoms with Crippen LogP contribution in [0.5, 0.6) is 0 Å². The van der Waals surface area contributed by atoms with Crippen LogP contribution in [0.4, 0.5) is 38.0 Å². The van der Waals surface area contributed by atoms with Crippen molar-refractivity contribution >= 4 is 23.3 Å². The van der Waals surface area contributed by atoms with E-state index in [1.54, 1.807) is 25.9 Å². The molecular weight excluding hydrogens is 576 g/mol. The van der Waals surface area contributed by atoms with Crippen molar-refractivity contribution in [3.8, 4) is 0 Å². The van der Waals surface area contributed by atoms with Gasteiger partial charge < -0.3 is 20.5 Å². The summed E-state index contributed by atoms with van der Waals surface area (Å²) in [6.45, 7) is 2.97. The monoisotopic (exact) mass is 611 g/mol. The second-order valence-corrected chi connectivity index (χ2v) is 11.5. The van der Waals surface area contributed by atoms with Crippen LogP contribution >= 0.6 is 0 Å². The molecule has 0 radical (unpaired) electrons. The van der Waals surface area contributed by atoms with Crippen molar-refractivity contribution in [3.05, 3.63) is 52.1 Å². The van der Waals surface area contributed by atoms with E-state index in [0.717, 1.165) is 50.9 Å². The zero-order valence-electron chi connectivity index (χ0n) is 24.1. The van der Waals surface area contributed by atoms with Gasteiger partial charge in [-0.1, -0.05) is 0 Å². The lowest BCUT2D eigenvalue weighted by atomic mass is 10.0. The molecule has 2 saturated carbocycles. The van der Waals surface area contributed by atoms with Crippen molar-refractivity contribution in [3.63, 3.8) is 0 Å². The van der Waals surface area contributed by atoms with Crippen molar-refractivity contribution < 1.29 is 26.3 Å². The lowest BCUT2D eigenvalue weighted by molar-refractivity contribution is -0.143. The molecule has 0 atom stereocenters. The molecule has 2 heterocycles. The smallest absolute Gasteiger partial charge is 0.373 e. The quantitative estimate of drug-likeness (QED) is 0.200. The summed E-state index contributed by atoms with van der Waals surface area (Å²) in [6, 6.07) is 3.42. The normalized spacial score (nSPS) is 17.0. The van der Waals surface area contributed by atoms with Crippen LogP contribution in [0, 0.1) is 17.2 Å². The first-order chi connectivity index (χ1) is 20.2. The number of benzene rings is 1. The molecule has 0 spiro atoms. The number of hydrazone groups is 1. The average molecular weight is 612 g/mol. The van der Waals surface area contributed by atoms with Gasteiger partial charge in [-0.25, -0.2) is 10.1 Å². The molecule has 5 rings (SSSR count). The van der Waals surface area contributed by atoms with Crippen LogP contribution < -0.4 is 21.2 Å². The van der Waals surface area contributed by atoms with Crippen LogP contribution in [-0.4, -0.2) is 53.9 Å². The molecule has 0 unspecified atom stereocenters. The van der Waals surface area contributed by atoms with Crippen LogP contribution in [0.15, 0.2) is 29.4 Å². The average Bonchev–Trinajstić information content (AvgIpc) is 3.87. The largest absolute Gasteiger partial charge is 0.416 e. The highest BCUT2D eigenvalue weighted by Gasteiger charge is 2.37. The van der Waals surface area contributed by atoms with Crippen LogP contribution in [0.3, 0.4) is 0 Å². The van der Waals surface area contributed by atoms with Gasteiger partial charge in [-0.3, -0.25) is 5.43 Å². The molecule has 2 aromatic rings. The summed E-state index contributed by atoms with van der Waals surface area (Å²) in [6.07, 6.45) is -5.45. The van der Waals surface area contributed by atoms with Crippen molar-refractivity contribution in [2.24, 2.45) is 16.9 Å². The molecule has 0 bridgehead atoms. The molecule has 1 aromatic carbocycles. The van der Waals surface area contributed by atoms with Gasteiger partial charge >= 0.3 is 12.4 Å². The number of halogens is 6. The SMILES string of the molecule is CNc1nc(N(CC2CC2)CC2CC2)c(CN(Cc2cc(C(F)(F)F)cc(C(F)(F)F)c2)C2=NN(C)NN2)cc1C(C)=N. The molecule has 1 aliphatic heterocycles. The van der Waals surface area contributed by atoms with E-state index < -0.39 is 23.5 Å². The van der Waals surface area contributed by atoms with Crippen molar-refractivity contribution in [2.75, 3.05) is 37.4 Å². The van der Waals surface area contributed by atoms with Crippen LogP contribution in [-0.2, 0) is 25.4 Å². The van der Waals surface area contributed by atoms with Crippen LogP contribution in [0.25, 0.3) is 0 Å². The Bertz CT molecular complexity index is 1340. The van der Waals surface area contributed by atoms with Gasteiger partial charge in [0.25, 0.3) is 0 Å². The first-order valence-electron chi connectivity index (χ1n) is 14.1. The third-order valence-electron chi connectivity index (χ3n) is 7.63. The third kappa shape index (κ3) is 7.61. The molecule has 1 aromatic heterocycles. The number of nitrogens with zero attached hydrogens (tertiary/aromatic N) is 5. The number of rotatable bonds is 11. The second-order valence-electron chi connectivity index (χ2n) is 11.5. The Labute approximate surface area is 245 Å². The van der Waals surface area contributed by atoms with Crippen molar-refractivity contribution in [1.82, 2.24) is 26.0 Å². The van der Waals surface area contributed by atoms with E-state index in [1.807, 2.05) is 6.07 Å². The van der Waals surface area contributed by atoms with Gasteiger partial charge in [0.05, 0.1) is 11.1 Å². The van der Waals surface area contributed by atoms with Gasteiger partial charge in [-0.2, -0.15) is 26.3 Å². The fraction of sp³-hybridized carbons (Fsp3) is 0.536. The summed E-state index contributed by atoms with van der Waals surface area (Å²) in [5.41, 5.74) is 4.16. The molecule has 4 N–H and O–H groups in total. The zero-order chi connectivity index (χ0) is 31.1. The summed E-state index contributed by atoms with van der Waals surface area (Å²) in [5, 5.41) is 17.1. The highest BCUT2D eigenvalue weighted by molar-refractivity contribution is 6.01. The van der Waals surface area contributed by atoms with E-state index in [2.05, 4.69) is 26.3 Å². The van der Waals surface area contributed by atoms with E-state index >= 15 is 0 Å². The Morgan fingerprint density at radius 1 is 0.953 bits per heavy atom. The van der Waals surface area contributed by atoms with E-state index in [-0.39, 0.29) is 36.4 Å². The minimum absolute atomic E-state index is 0.0530. The first kappa shape index (κ1) is 30.7. The summed E-state index contributed by atoms with van der Waals surface area (Å²) in [5.74, 6) is 2.49. The number of nitrogens with one attached hydrogen (secondary N) is 4. The third-order valence-corrected chi connectivity index (χ3v) is 7.63. The van der Waals surface area contributed by atoms with Gasteiger partial charge in [-0.15, -0.1) is 10.6 Å². The molecule has 2 fully saturated rings. The number of hydrazine groups is 2. The Kier molecular flexibility index (Phi) is 8.38. The summed E-state index contributed by atoms with van der Waals surface area (Å²) < 4.78 is 81.9. The summed E-state index contributed by atoms with van der Waals surface area (Å²) >= 11 is 0. The Balaban J connectivity index is 1.58. The maximum Gasteiger partial charge on any atom is 0.416 e. The fourth-order valence-corrected chi connectivity index (χ4v) is 5.09. The summed E-state index contributed by atoms with van der Waals surface area (Å²) in [7, 11) is 3.32. The number of guanidine groups is 1. The predicted octanol–water partition coefficient (Wildman–Crippen LogP) is 5.40. The van der Waals surface area contributed by atoms with E-state index in [4.69, 9.17) is 10.4 Å². The maximum atomic E-state index is 13.7. The lowest BCUT2D eigenvalue weighted by Gasteiger charge is -2.30. The van der Waals surface area contributed by atoms with Gasteiger partial charge in [0, 0.05) is 57.1 Å². The number of anilines is 2. The van der Waals surface area contributed by atoms with Crippen LogP contribution in [0.1, 0.15) is 60.4 Å². The molecule has 0 amide bonds. The minimum atomic E-state index is -4.96. The first-order valence-corrected chi connectivity index (χ1v) is 14.1. The van der Waals surface area contributed by atoms with E-state index in [9.17, 15) is 26.3 Å². The molecule has 15 heteroatoms. The van der Waals surface area contributed by atoms with Crippen LogP contribution in [0.2, 0.25) is 0 Å². The number of pyridine rings is 1. The Hall–Kier alpha value is -3.75. The molecule has 234 valence electrons. The minimum Gasteiger partial charge on any atom is -0.373 e. The van der Waals surface area contributed by atoms with Gasteiger partial charge in [0.15, 0.2) is 0 Å². The predicted molar refractivity (Wildman–Crippen MR) is 151 cm³/mol. The molecule has 0 saturated heterocycles. The van der Waals surface area contributed by atoms with E-state index in [1.165, 1.54) is 5.12 Å². The maximum absolute atomic E-state index is 13.7. The van der Waals surface area contributed by atoms with Crippen molar-refractivity contribution in [2.45, 2.75) is 58.0 Å². The highest BCUT2D eigenvalue weighted by Crippen LogP contribution is 2.39. The molecule has 9 nitrogen and oxygen atoms in total. The molecule has 43 heavy (non-hydrogen) atoms. The fourth-order valence-electron chi connectivity index (χ4n) is 5.09. The lowest BCUT2D eigenvalue weighted by Crippen LogP contribution is -2.44. The topological polar surface area (TPSA) is 94.9 Å². The second kappa shape index (κ2) is 11.7. The standard InChI is InChI=1S/C28H35F6N9/c1-16(35)23-10-20(25(37-24(23)36-2)42(12-17-4-5-17)13-18-6-7-18)15-43(26-38-40-41(3)39-26)14-19-8-21(27(29,30)31)11-22(9-19)28(32,33)34/h8-11,17-18,35,40H,4-7,12-15H2,1-3H3,(H,36,37)(H,38,39). The number of hydrogen-bond acceptors (Lipinski definition) is 9. The van der Waals surface area contributed by atoms with Gasteiger partial charge in [0.2, 0.25) is 5.96 Å². The molecule has 2 aliphatic carbocycles.